The van der Waals surface area contributed by atoms with Gasteiger partial charge in [0, 0.05) is 42.6 Å². The number of hydrogen-bond donors (Lipinski definition) is 2. The zero-order valence-electron chi connectivity index (χ0n) is 18.5. The number of hydrogen-bond acceptors (Lipinski definition) is 6. The Balaban J connectivity index is 1.49. The van der Waals surface area contributed by atoms with Crippen LogP contribution >= 0.6 is 0 Å². The zero-order chi connectivity index (χ0) is 23.1. The van der Waals surface area contributed by atoms with E-state index in [0.717, 1.165) is 22.8 Å². The van der Waals surface area contributed by atoms with E-state index in [2.05, 4.69) is 27.5 Å². The third kappa shape index (κ3) is 3.86. The van der Waals surface area contributed by atoms with E-state index < -0.39 is 5.82 Å². The molecule has 2 N–H and O–H groups in total. The maximum Gasteiger partial charge on any atom is 0.231 e. The number of imidazole rings is 1. The Morgan fingerprint density at radius 1 is 1.06 bits per heavy atom. The van der Waals surface area contributed by atoms with Gasteiger partial charge in [-0.15, -0.1) is 0 Å². The van der Waals surface area contributed by atoms with E-state index in [1.807, 2.05) is 11.8 Å². The molecule has 4 aromatic rings. The van der Waals surface area contributed by atoms with E-state index in [-0.39, 0.29) is 11.7 Å². The van der Waals surface area contributed by atoms with Crippen molar-refractivity contribution < 1.29 is 8.78 Å². The molecule has 0 fully saturated rings. The maximum atomic E-state index is 14.8. The van der Waals surface area contributed by atoms with Crippen LogP contribution < -0.4 is 15.5 Å². The molecule has 0 aliphatic carbocycles. The first-order chi connectivity index (χ1) is 15.9. The van der Waals surface area contributed by atoms with Gasteiger partial charge in [-0.25, -0.2) is 13.8 Å². The molecule has 5 rings (SSSR count). The lowest BCUT2D eigenvalue weighted by Gasteiger charge is -2.19. The van der Waals surface area contributed by atoms with Crippen molar-refractivity contribution in [3.63, 3.8) is 0 Å². The molecule has 1 atom stereocenters. The van der Waals surface area contributed by atoms with Crippen molar-refractivity contribution in [1.82, 2.24) is 19.5 Å². The predicted octanol–water partition coefficient (Wildman–Crippen LogP) is 5.29. The zero-order valence-corrected chi connectivity index (χ0v) is 18.5. The third-order valence-electron chi connectivity index (χ3n) is 5.70. The van der Waals surface area contributed by atoms with Crippen LogP contribution in [0.1, 0.15) is 24.1 Å². The van der Waals surface area contributed by atoms with Crippen molar-refractivity contribution in [2.24, 2.45) is 0 Å². The van der Waals surface area contributed by atoms with Gasteiger partial charge < -0.3 is 20.1 Å². The first kappa shape index (κ1) is 20.9. The predicted molar refractivity (Wildman–Crippen MR) is 125 cm³/mol. The van der Waals surface area contributed by atoms with Crippen LogP contribution in [0.3, 0.4) is 0 Å². The Labute approximate surface area is 190 Å². The van der Waals surface area contributed by atoms with E-state index in [4.69, 9.17) is 4.98 Å². The van der Waals surface area contributed by atoms with Gasteiger partial charge in [0.05, 0.1) is 17.7 Å². The second kappa shape index (κ2) is 8.16. The summed E-state index contributed by atoms with van der Waals surface area (Å²) in [5, 5.41) is 6.26. The highest BCUT2D eigenvalue weighted by atomic mass is 19.1. The molecule has 3 heterocycles. The molecule has 0 spiro atoms. The quantitative estimate of drug-likeness (QED) is 0.433. The molecule has 1 aliphatic heterocycles. The Hall–Kier alpha value is -4.01. The van der Waals surface area contributed by atoms with Gasteiger partial charge in [0.15, 0.2) is 0 Å². The van der Waals surface area contributed by atoms with Gasteiger partial charge in [0.2, 0.25) is 5.95 Å². The van der Waals surface area contributed by atoms with E-state index >= 15 is 0 Å². The summed E-state index contributed by atoms with van der Waals surface area (Å²) in [6.07, 6.45) is 3.34. The molecule has 2 aromatic heterocycles. The van der Waals surface area contributed by atoms with Gasteiger partial charge in [0.1, 0.15) is 23.3 Å². The molecule has 0 unspecified atom stereocenters. The van der Waals surface area contributed by atoms with Crippen molar-refractivity contribution in [1.29, 1.82) is 0 Å². The normalized spacial score (nSPS) is 14.9. The lowest BCUT2D eigenvalue weighted by Crippen LogP contribution is -2.16. The number of fused-ring (bicyclic) bond motifs is 1. The van der Waals surface area contributed by atoms with Gasteiger partial charge in [-0.3, -0.25) is 0 Å². The number of halogens is 2. The molecule has 0 amide bonds. The summed E-state index contributed by atoms with van der Waals surface area (Å²) in [5.41, 5.74) is 3.57. The van der Waals surface area contributed by atoms with E-state index in [1.165, 1.54) is 18.2 Å². The van der Waals surface area contributed by atoms with Crippen molar-refractivity contribution in [2.75, 3.05) is 29.1 Å². The molecule has 0 bridgehead atoms. The summed E-state index contributed by atoms with van der Waals surface area (Å²) in [5.74, 6) is 1.27. The number of aromatic nitrogens is 4. The molecule has 33 heavy (non-hydrogen) atoms. The molecule has 2 aromatic carbocycles. The molecule has 0 radical (unpaired) electrons. The first-order valence-corrected chi connectivity index (χ1v) is 10.6. The molecule has 0 saturated heterocycles. The van der Waals surface area contributed by atoms with Crippen molar-refractivity contribution in [3.05, 3.63) is 77.9 Å². The SMILES string of the molecule is CNc1nc(Nc2ccc(-n3cnc(C)c3)c(F)c2)nc2c1[C@H](C)CN2c1ccc(F)cc1. The molecule has 0 saturated carbocycles. The molecular formula is C24H23F2N7. The van der Waals surface area contributed by atoms with Crippen LogP contribution in [-0.2, 0) is 0 Å². The number of nitrogens with zero attached hydrogens (tertiary/aromatic N) is 5. The van der Waals surface area contributed by atoms with Crippen LogP contribution in [0, 0.1) is 18.6 Å². The largest absolute Gasteiger partial charge is 0.373 e. The average molecular weight is 447 g/mol. The molecule has 1 aliphatic rings. The fraction of sp³-hybridized carbons (Fsp3) is 0.208. The number of benzene rings is 2. The monoisotopic (exact) mass is 447 g/mol. The molecule has 168 valence electrons. The van der Waals surface area contributed by atoms with E-state index in [0.29, 0.717) is 29.7 Å². The van der Waals surface area contributed by atoms with E-state index in [9.17, 15) is 8.78 Å². The summed E-state index contributed by atoms with van der Waals surface area (Å²) in [6.45, 7) is 4.65. The lowest BCUT2D eigenvalue weighted by molar-refractivity contribution is 0.618. The van der Waals surface area contributed by atoms with Gasteiger partial charge in [0.25, 0.3) is 0 Å². The minimum atomic E-state index is -0.394. The smallest absolute Gasteiger partial charge is 0.231 e. The second-order valence-electron chi connectivity index (χ2n) is 8.08. The number of anilines is 5. The highest BCUT2D eigenvalue weighted by molar-refractivity contribution is 5.75. The van der Waals surface area contributed by atoms with Crippen LogP contribution in [-0.4, -0.2) is 33.1 Å². The highest BCUT2D eigenvalue weighted by Crippen LogP contribution is 2.43. The summed E-state index contributed by atoms with van der Waals surface area (Å²) in [6, 6.07) is 11.2. The van der Waals surface area contributed by atoms with Crippen molar-refractivity contribution >= 4 is 29.0 Å². The van der Waals surface area contributed by atoms with Crippen LogP contribution in [0.2, 0.25) is 0 Å². The second-order valence-corrected chi connectivity index (χ2v) is 8.08. The highest BCUT2D eigenvalue weighted by Gasteiger charge is 2.32. The van der Waals surface area contributed by atoms with Crippen molar-refractivity contribution in [3.8, 4) is 5.69 Å². The Morgan fingerprint density at radius 3 is 2.52 bits per heavy atom. The van der Waals surface area contributed by atoms with Crippen LogP contribution in [0.5, 0.6) is 0 Å². The van der Waals surface area contributed by atoms with Crippen LogP contribution in [0.4, 0.5) is 37.7 Å². The standard InChI is InChI=1S/C24H23F2N7/c1-14-11-33(18-7-4-16(25)5-8-18)23-21(14)22(27-3)30-24(31-23)29-17-6-9-20(19(26)10-17)32-12-15(2)28-13-32/h4-10,12-14H,11H2,1-3H3,(H2,27,29,30,31)/t14-/m1/s1. The average Bonchev–Trinajstić information content (AvgIpc) is 3.37. The molecular weight excluding hydrogens is 424 g/mol. The van der Waals surface area contributed by atoms with Crippen LogP contribution in [0.15, 0.2) is 55.0 Å². The first-order valence-electron chi connectivity index (χ1n) is 10.6. The minimum Gasteiger partial charge on any atom is -0.373 e. The van der Waals surface area contributed by atoms with Crippen LogP contribution in [0.25, 0.3) is 5.69 Å². The molecule has 7 nitrogen and oxygen atoms in total. The summed E-state index contributed by atoms with van der Waals surface area (Å²) < 4.78 is 29.9. The summed E-state index contributed by atoms with van der Waals surface area (Å²) >= 11 is 0. The Morgan fingerprint density at radius 2 is 1.85 bits per heavy atom. The van der Waals surface area contributed by atoms with Gasteiger partial charge >= 0.3 is 0 Å². The number of rotatable bonds is 5. The maximum absolute atomic E-state index is 14.8. The van der Waals surface area contributed by atoms with Gasteiger partial charge in [-0.05, 0) is 49.4 Å². The third-order valence-corrected chi connectivity index (χ3v) is 5.70. The molecule has 9 heteroatoms. The minimum absolute atomic E-state index is 0.178. The number of aryl methyl sites for hydroxylation is 1. The Kier molecular flexibility index (Phi) is 5.16. The van der Waals surface area contributed by atoms with Crippen molar-refractivity contribution in [2.45, 2.75) is 19.8 Å². The summed E-state index contributed by atoms with van der Waals surface area (Å²) in [7, 11) is 1.81. The van der Waals surface area contributed by atoms with E-state index in [1.54, 1.807) is 48.4 Å². The summed E-state index contributed by atoms with van der Waals surface area (Å²) in [4.78, 5) is 15.5. The fourth-order valence-corrected chi connectivity index (χ4v) is 4.14. The number of nitrogens with one attached hydrogen (secondary N) is 2. The van der Waals surface area contributed by atoms with Gasteiger partial charge in [-0.2, -0.15) is 9.97 Å². The lowest BCUT2D eigenvalue weighted by atomic mass is 10.1. The fourth-order valence-electron chi connectivity index (χ4n) is 4.14. The van der Waals surface area contributed by atoms with Gasteiger partial charge in [-0.1, -0.05) is 6.92 Å². The Bertz CT molecular complexity index is 1320. The topological polar surface area (TPSA) is 70.9 Å².